The van der Waals surface area contributed by atoms with Gasteiger partial charge in [0.1, 0.15) is 0 Å². The van der Waals surface area contributed by atoms with Crippen LogP contribution < -0.4 is 0 Å². The van der Waals surface area contributed by atoms with Crippen molar-refractivity contribution in [2.24, 2.45) is 0 Å². The van der Waals surface area contributed by atoms with Crippen LogP contribution in [0.3, 0.4) is 0 Å². The molecule has 0 radical (unpaired) electrons. The molecular formula is C36H23NS. The minimum atomic E-state index is 1.04. The molecular weight excluding hydrogens is 478 g/mol. The highest BCUT2D eigenvalue weighted by molar-refractivity contribution is 7.26. The van der Waals surface area contributed by atoms with E-state index in [2.05, 4.69) is 128 Å². The molecule has 0 bridgehead atoms. The van der Waals surface area contributed by atoms with Gasteiger partial charge in [0.05, 0.1) is 11.2 Å². The Hall–Kier alpha value is -4.53. The first-order valence-corrected chi connectivity index (χ1v) is 13.8. The molecule has 38 heavy (non-hydrogen) atoms. The monoisotopic (exact) mass is 501 g/mol. The molecule has 178 valence electrons. The topological polar surface area (TPSA) is 12.9 Å². The fourth-order valence-electron chi connectivity index (χ4n) is 6.00. The molecule has 6 aromatic carbocycles. The average molecular weight is 502 g/mol. The third-order valence-electron chi connectivity index (χ3n) is 7.75. The number of rotatable bonds is 2. The molecule has 2 aromatic heterocycles. The van der Waals surface area contributed by atoms with E-state index < -0.39 is 0 Å². The highest BCUT2D eigenvalue weighted by Gasteiger charge is 2.15. The predicted molar refractivity (Wildman–Crippen MR) is 165 cm³/mol. The maximum atomic E-state index is 5.36. The maximum absolute atomic E-state index is 5.36. The van der Waals surface area contributed by atoms with Gasteiger partial charge in [-0.15, -0.1) is 11.3 Å². The standard InChI is InChI=1S/C36H23NS/c1-22-20-32-28-14-3-2-12-26(28)27-13-4-5-16-30(27)35(32)37-34(22)24-11-8-10-23(21-24)25-17-9-18-31-29-15-6-7-19-33(29)38-36(25)31/h2-21H,1H3. The van der Waals surface area contributed by atoms with Crippen LogP contribution in [0.25, 0.3) is 75.0 Å². The second-order valence-corrected chi connectivity index (χ2v) is 11.1. The first-order valence-electron chi connectivity index (χ1n) is 13.0. The number of fused-ring (bicyclic) bond motifs is 9. The lowest BCUT2D eigenvalue weighted by Gasteiger charge is -2.14. The summed E-state index contributed by atoms with van der Waals surface area (Å²) in [7, 11) is 0. The quantitative estimate of drug-likeness (QED) is 0.215. The van der Waals surface area contributed by atoms with Crippen LogP contribution in [-0.4, -0.2) is 4.98 Å². The lowest BCUT2D eigenvalue weighted by atomic mass is 9.94. The summed E-state index contributed by atoms with van der Waals surface area (Å²) >= 11 is 1.88. The Labute approximate surface area is 224 Å². The van der Waals surface area contributed by atoms with Crippen LogP contribution >= 0.6 is 11.3 Å². The molecule has 0 atom stereocenters. The predicted octanol–water partition coefficient (Wildman–Crippen LogP) is 10.6. The van der Waals surface area contributed by atoms with Crippen LogP contribution in [0.1, 0.15) is 5.56 Å². The number of benzene rings is 6. The van der Waals surface area contributed by atoms with Gasteiger partial charge in [-0.25, -0.2) is 4.98 Å². The van der Waals surface area contributed by atoms with Crippen molar-refractivity contribution in [2.75, 3.05) is 0 Å². The van der Waals surface area contributed by atoms with Gasteiger partial charge in [-0.3, -0.25) is 0 Å². The summed E-state index contributed by atoms with van der Waals surface area (Å²) in [4.78, 5) is 5.36. The molecule has 0 unspecified atom stereocenters. The fraction of sp³-hybridized carbons (Fsp3) is 0.0278. The van der Waals surface area contributed by atoms with Gasteiger partial charge in [-0.1, -0.05) is 103 Å². The van der Waals surface area contributed by atoms with E-state index in [0.717, 1.165) is 16.8 Å². The summed E-state index contributed by atoms with van der Waals surface area (Å²) in [6.07, 6.45) is 0. The van der Waals surface area contributed by atoms with Crippen molar-refractivity contribution < 1.29 is 0 Å². The van der Waals surface area contributed by atoms with Crippen molar-refractivity contribution in [1.82, 2.24) is 4.98 Å². The Morgan fingerprint density at radius 2 is 1.11 bits per heavy atom. The molecule has 0 spiro atoms. The van der Waals surface area contributed by atoms with Gasteiger partial charge in [-0.05, 0) is 58.0 Å². The number of thiophene rings is 1. The minimum absolute atomic E-state index is 1.04. The second kappa shape index (κ2) is 8.24. The van der Waals surface area contributed by atoms with E-state index in [-0.39, 0.29) is 0 Å². The summed E-state index contributed by atoms with van der Waals surface area (Å²) in [6.45, 7) is 2.19. The van der Waals surface area contributed by atoms with Crippen LogP contribution in [0, 0.1) is 6.92 Å². The van der Waals surface area contributed by atoms with Gasteiger partial charge in [0.15, 0.2) is 0 Å². The first kappa shape index (κ1) is 21.5. The van der Waals surface area contributed by atoms with Gasteiger partial charge in [0.25, 0.3) is 0 Å². The van der Waals surface area contributed by atoms with E-state index in [1.54, 1.807) is 0 Å². The number of hydrogen-bond donors (Lipinski definition) is 0. The number of pyridine rings is 1. The maximum Gasteiger partial charge on any atom is 0.0794 e. The van der Waals surface area contributed by atoms with E-state index in [0.29, 0.717) is 0 Å². The third kappa shape index (κ3) is 3.14. The zero-order valence-electron chi connectivity index (χ0n) is 20.9. The highest BCUT2D eigenvalue weighted by atomic mass is 32.1. The first-order chi connectivity index (χ1) is 18.8. The number of aryl methyl sites for hydroxylation is 1. The molecule has 0 aliphatic heterocycles. The molecule has 0 aliphatic carbocycles. The summed E-state index contributed by atoms with van der Waals surface area (Å²) in [5.41, 5.74) is 6.96. The minimum Gasteiger partial charge on any atom is -0.247 e. The summed E-state index contributed by atoms with van der Waals surface area (Å²) in [5.74, 6) is 0. The van der Waals surface area contributed by atoms with Crippen LogP contribution in [0.4, 0.5) is 0 Å². The smallest absolute Gasteiger partial charge is 0.0794 e. The molecule has 0 saturated carbocycles. The van der Waals surface area contributed by atoms with Gasteiger partial charge in [0.2, 0.25) is 0 Å². The Bertz CT molecular complexity index is 2200. The summed E-state index contributed by atoms with van der Waals surface area (Å²) < 4.78 is 2.67. The third-order valence-corrected chi connectivity index (χ3v) is 8.97. The van der Waals surface area contributed by atoms with Crippen LogP contribution in [-0.2, 0) is 0 Å². The van der Waals surface area contributed by atoms with Gasteiger partial charge >= 0.3 is 0 Å². The molecule has 0 aliphatic rings. The van der Waals surface area contributed by atoms with E-state index in [4.69, 9.17) is 4.98 Å². The van der Waals surface area contributed by atoms with E-state index in [1.165, 1.54) is 63.8 Å². The van der Waals surface area contributed by atoms with Crippen molar-refractivity contribution in [3.63, 3.8) is 0 Å². The lowest BCUT2D eigenvalue weighted by molar-refractivity contribution is 1.34. The molecule has 0 N–H and O–H groups in total. The average Bonchev–Trinajstić information content (AvgIpc) is 3.36. The van der Waals surface area contributed by atoms with Crippen molar-refractivity contribution >= 4 is 64.0 Å². The Morgan fingerprint density at radius 3 is 1.92 bits per heavy atom. The lowest BCUT2D eigenvalue weighted by Crippen LogP contribution is -1.93. The van der Waals surface area contributed by atoms with Crippen molar-refractivity contribution in [3.8, 4) is 22.4 Å². The van der Waals surface area contributed by atoms with E-state index in [1.807, 2.05) is 11.3 Å². The van der Waals surface area contributed by atoms with Gasteiger partial charge in [-0.2, -0.15) is 0 Å². The fourth-order valence-corrected chi connectivity index (χ4v) is 7.24. The normalized spacial score (nSPS) is 11.8. The summed E-state index contributed by atoms with van der Waals surface area (Å²) in [6, 6.07) is 43.9. The largest absolute Gasteiger partial charge is 0.247 e. The van der Waals surface area contributed by atoms with Crippen LogP contribution in [0.15, 0.2) is 121 Å². The molecule has 8 rings (SSSR count). The number of hydrogen-bond acceptors (Lipinski definition) is 2. The second-order valence-electron chi connectivity index (χ2n) is 10.0. The SMILES string of the molecule is Cc1cc2c3ccccc3c3ccccc3c2nc1-c1cccc(-c2cccc3c2sc2ccccc23)c1. The molecule has 0 amide bonds. The summed E-state index contributed by atoms with van der Waals surface area (Å²) in [5, 5.41) is 8.86. The van der Waals surface area contributed by atoms with Crippen molar-refractivity contribution in [2.45, 2.75) is 6.92 Å². The van der Waals surface area contributed by atoms with Gasteiger partial charge < -0.3 is 0 Å². The Balaban J connectivity index is 1.37. The van der Waals surface area contributed by atoms with Crippen molar-refractivity contribution in [1.29, 1.82) is 0 Å². The highest BCUT2D eigenvalue weighted by Crippen LogP contribution is 2.41. The zero-order chi connectivity index (χ0) is 25.2. The molecule has 0 saturated heterocycles. The zero-order valence-corrected chi connectivity index (χ0v) is 21.7. The number of aromatic nitrogens is 1. The Kier molecular flexibility index (Phi) is 4.67. The van der Waals surface area contributed by atoms with Crippen molar-refractivity contribution in [3.05, 3.63) is 127 Å². The molecule has 1 nitrogen and oxygen atoms in total. The van der Waals surface area contributed by atoms with Gasteiger partial charge in [0, 0.05) is 36.5 Å². The number of nitrogens with zero attached hydrogens (tertiary/aromatic N) is 1. The van der Waals surface area contributed by atoms with Crippen LogP contribution in [0.2, 0.25) is 0 Å². The van der Waals surface area contributed by atoms with Crippen LogP contribution in [0.5, 0.6) is 0 Å². The molecule has 2 heteroatoms. The molecule has 8 aromatic rings. The Morgan fingerprint density at radius 1 is 0.500 bits per heavy atom. The molecule has 2 heterocycles. The molecule has 0 fully saturated rings. The van der Waals surface area contributed by atoms with E-state index >= 15 is 0 Å². The van der Waals surface area contributed by atoms with E-state index in [9.17, 15) is 0 Å².